The molecule has 0 aromatic rings. The lowest BCUT2D eigenvalue weighted by atomic mass is 9.68. The lowest BCUT2D eigenvalue weighted by Gasteiger charge is -2.60. The van der Waals surface area contributed by atoms with Crippen molar-refractivity contribution in [3.05, 3.63) is 11.8 Å². The van der Waals surface area contributed by atoms with Crippen molar-refractivity contribution in [3.63, 3.8) is 0 Å². The van der Waals surface area contributed by atoms with Crippen LogP contribution in [-0.4, -0.2) is 89.1 Å². The standard InChI is InChI=1S/C30H48N4/c1-3-12-31-17-22-14-23(26(31)6-1)19-33-16-21(10-11-28(22)33)29-8-5-9-30-24-15-25(20-34(29)30)27-7-2-4-13-32(27)18-24/h16,22-30H,1-15,17-20H2/t22-,23-,24-,25-,26-,27-,28+,29?,30+/m0/s1. The van der Waals surface area contributed by atoms with Gasteiger partial charge >= 0.3 is 0 Å². The van der Waals surface area contributed by atoms with Crippen LogP contribution in [0.25, 0.3) is 0 Å². The van der Waals surface area contributed by atoms with Gasteiger partial charge in [0, 0.05) is 62.6 Å². The third kappa shape index (κ3) is 3.40. The van der Waals surface area contributed by atoms with Crippen molar-refractivity contribution in [1.82, 2.24) is 19.6 Å². The molecule has 0 aromatic carbocycles. The van der Waals surface area contributed by atoms with Crippen LogP contribution in [0.15, 0.2) is 11.8 Å². The second kappa shape index (κ2) is 8.48. The lowest BCUT2D eigenvalue weighted by molar-refractivity contribution is -0.0867. The smallest absolute Gasteiger partial charge is 0.0328 e. The molecule has 4 bridgehead atoms. The Morgan fingerprint density at radius 3 is 1.97 bits per heavy atom. The quantitative estimate of drug-likeness (QED) is 0.564. The third-order valence-electron chi connectivity index (χ3n) is 12.3. The first-order valence-corrected chi connectivity index (χ1v) is 15.5. The first-order valence-electron chi connectivity index (χ1n) is 15.5. The molecule has 8 heterocycles. The van der Waals surface area contributed by atoms with Gasteiger partial charge in [0.1, 0.15) is 0 Å². The normalized spacial score (nSPS) is 49.4. The second-order valence-corrected chi connectivity index (χ2v) is 13.8. The summed E-state index contributed by atoms with van der Waals surface area (Å²) >= 11 is 0. The van der Waals surface area contributed by atoms with E-state index >= 15 is 0 Å². The molecule has 8 aliphatic heterocycles. The highest BCUT2D eigenvalue weighted by Crippen LogP contribution is 2.48. The summed E-state index contributed by atoms with van der Waals surface area (Å²) in [5.41, 5.74) is 1.85. The Balaban J connectivity index is 1.03. The molecule has 9 atom stereocenters. The van der Waals surface area contributed by atoms with E-state index in [1.165, 1.54) is 116 Å². The van der Waals surface area contributed by atoms with Crippen LogP contribution < -0.4 is 0 Å². The average molecular weight is 465 g/mol. The number of hydrogen-bond donors (Lipinski definition) is 0. The highest BCUT2D eigenvalue weighted by molar-refractivity contribution is 5.20. The van der Waals surface area contributed by atoms with Crippen LogP contribution in [-0.2, 0) is 0 Å². The number of rotatable bonds is 1. The van der Waals surface area contributed by atoms with Crippen LogP contribution in [0, 0.1) is 23.7 Å². The Morgan fingerprint density at radius 2 is 1.21 bits per heavy atom. The minimum absolute atomic E-state index is 0.771. The topological polar surface area (TPSA) is 13.0 Å². The zero-order chi connectivity index (χ0) is 22.2. The minimum Gasteiger partial charge on any atom is -0.374 e. The van der Waals surface area contributed by atoms with Gasteiger partial charge in [0.05, 0.1) is 0 Å². The molecule has 1 unspecified atom stereocenters. The van der Waals surface area contributed by atoms with Gasteiger partial charge in [0.25, 0.3) is 0 Å². The van der Waals surface area contributed by atoms with Gasteiger partial charge in [-0.05, 0) is 113 Å². The van der Waals surface area contributed by atoms with E-state index in [-0.39, 0.29) is 0 Å². The molecular weight excluding hydrogens is 416 g/mol. The van der Waals surface area contributed by atoms with Crippen molar-refractivity contribution in [1.29, 1.82) is 0 Å². The molecule has 0 saturated carbocycles. The predicted molar refractivity (Wildman–Crippen MR) is 138 cm³/mol. The van der Waals surface area contributed by atoms with Crippen molar-refractivity contribution in [2.24, 2.45) is 23.7 Å². The summed E-state index contributed by atoms with van der Waals surface area (Å²) in [4.78, 5) is 11.9. The Morgan fingerprint density at radius 1 is 0.559 bits per heavy atom. The summed E-state index contributed by atoms with van der Waals surface area (Å²) < 4.78 is 0. The summed E-state index contributed by atoms with van der Waals surface area (Å²) in [6.07, 6.45) is 21.9. The Kier molecular flexibility index (Phi) is 5.36. The van der Waals surface area contributed by atoms with Gasteiger partial charge in [0.15, 0.2) is 0 Å². The maximum absolute atomic E-state index is 3.11. The van der Waals surface area contributed by atoms with E-state index < -0.39 is 0 Å². The highest BCUT2D eigenvalue weighted by Gasteiger charge is 2.50. The number of piperidine rings is 7. The van der Waals surface area contributed by atoms with Gasteiger partial charge in [-0.2, -0.15) is 0 Å². The van der Waals surface area contributed by atoms with Crippen molar-refractivity contribution in [3.8, 4) is 0 Å². The van der Waals surface area contributed by atoms with E-state index in [1.807, 2.05) is 5.57 Å². The monoisotopic (exact) mass is 464 g/mol. The molecule has 0 radical (unpaired) electrons. The maximum Gasteiger partial charge on any atom is 0.0328 e. The van der Waals surface area contributed by atoms with Gasteiger partial charge in [-0.1, -0.05) is 12.8 Å². The molecule has 0 spiro atoms. The van der Waals surface area contributed by atoms with E-state index in [0.717, 1.165) is 53.9 Å². The highest BCUT2D eigenvalue weighted by atomic mass is 15.3. The molecule has 34 heavy (non-hydrogen) atoms. The van der Waals surface area contributed by atoms with E-state index in [1.54, 1.807) is 6.42 Å². The van der Waals surface area contributed by atoms with Crippen LogP contribution >= 0.6 is 0 Å². The summed E-state index contributed by atoms with van der Waals surface area (Å²) in [5.74, 6) is 3.80. The molecule has 4 heteroatoms. The zero-order valence-corrected chi connectivity index (χ0v) is 21.5. The van der Waals surface area contributed by atoms with E-state index in [9.17, 15) is 0 Å². The first kappa shape index (κ1) is 21.5. The van der Waals surface area contributed by atoms with Crippen molar-refractivity contribution in [2.45, 2.75) is 114 Å². The second-order valence-electron chi connectivity index (χ2n) is 13.8. The molecule has 0 aliphatic carbocycles. The first-order chi connectivity index (χ1) is 16.8. The molecular formula is C30H48N4. The Hall–Kier alpha value is -0.580. The van der Waals surface area contributed by atoms with Crippen LogP contribution in [0.3, 0.4) is 0 Å². The lowest BCUT2D eigenvalue weighted by Crippen LogP contribution is -2.65. The fourth-order valence-electron chi connectivity index (χ4n) is 10.9. The third-order valence-corrected chi connectivity index (χ3v) is 12.3. The van der Waals surface area contributed by atoms with Gasteiger partial charge in [-0.25, -0.2) is 0 Å². The molecule has 0 aromatic heterocycles. The molecule has 0 N–H and O–H groups in total. The molecule has 7 saturated heterocycles. The van der Waals surface area contributed by atoms with Crippen molar-refractivity contribution >= 4 is 0 Å². The largest absolute Gasteiger partial charge is 0.374 e. The van der Waals surface area contributed by atoms with Gasteiger partial charge in [-0.3, -0.25) is 14.7 Å². The SMILES string of the molecule is C1=C(C2CCC[C@@H]3[C@H]4C[C@@H](CN23)[C@@H]2CCCCN2C4)CC[C@@H]2[C@H]3C[C@@H](CN12)[C@@H]1CCCCN1C3. The van der Waals surface area contributed by atoms with Crippen LogP contribution in [0.5, 0.6) is 0 Å². The Bertz CT molecular complexity index is 810. The van der Waals surface area contributed by atoms with Gasteiger partial charge < -0.3 is 4.90 Å². The Labute approximate surface area is 208 Å². The molecule has 8 aliphatic rings. The zero-order valence-electron chi connectivity index (χ0n) is 21.5. The molecule has 7 fully saturated rings. The van der Waals surface area contributed by atoms with Gasteiger partial charge in [0.2, 0.25) is 0 Å². The van der Waals surface area contributed by atoms with Gasteiger partial charge in [-0.15, -0.1) is 0 Å². The summed E-state index contributed by atoms with van der Waals surface area (Å²) in [6.45, 7) is 8.40. The maximum atomic E-state index is 3.11. The predicted octanol–water partition coefficient (Wildman–Crippen LogP) is 4.57. The fourth-order valence-corrected chi connectivity index (χ4v) is 10.9. The van der Waals surface area contributed by atoms with Crippen molar-refractivity contribution < 1.29 is 0 Å². The number of hydrogen-bond acceptors (Lipinski definition) is 4. The molecule has 0 amide bonds. The van der Waals surface area contributed by atoms with Crippen LogP contribution in [0.2, 0.25) is 0 Å². The summed E-state index contributed by atoms with van der Waals surface area (Å²) in [6, 6.07) is 4.32. The van der Waals surface area contributed by atoms with E-state index in [0.29, 0.717) is 0 Å². The summed E-state index contributed by atoms with van der Waals surface area (Å²) in [5, 5.41) is 0. The van der Waals surface area contributed by atoms with E-state index in [4.69, 9.17) is 0 Å². The fraction of sp³-hybridized carbons (Fsp3) is 0.933. The molecule has 188 valence electrons. The summed E-state index contributed by atoms with van der Waals surface area (Å²) in [7, 11) is 0. The van der Waals surface area contributed by atoms with Crippen molar-refractivity contribution in [2.75, 3.05) is 39.3 Å². The number of nitrogens with zero attached hydrogens (tertiary/aromatic N) is 4. The average Bonchev–Trinajstić information content (AvgIpc) is 2.88. The van der Waals surface area contributed by atoms with Crippen LogP contribution in [0.1, 0.15) is 83.5 Å². The minimum atomic E-state index is 0.771. The van der Waals surface area contributed by atoms with E-state index in [2.05, 4.69) is 25.8 Å². The number of fused-ring (bicyclic) bond motifs is 12. The molecule has 4 nitrogen and oxygen atoms in total. The molecule has 8 rings (SSSR count). The van der Waals surface area contributed by atoms with Crippen LogP contribution in [0.4, 0.5) is 0 Å².